The first-order chi connectivity index (χ1) is 11.9. The van der Waals surface area contributed by atoms with Crippen LogP contribution in [0.1, 0.15) is 11.3 Å². The van der Waals surface area contributed by atoms with Gasteiger partial charge in [0.15, 0.2) is 5.16 Å². The zero-order chi connectivity index (χ0) is 18.4. The van der Waals surface area contributed by atoms with Crippen LogP contribution in [0, 0.1) is 6.92 Å². The molecule has 1 heterocycles. The Kier molecular flexibility index (Phi) is 6.86. The van der Waals surface area contributed by atoms with E-state index in [0.29, 0.717) is 21.6 Å². The van der Waals surface area contributed by atoms with Crippen molar-refractivity contribution < 1.29 is 14.7 Å². The minimum absolute atomic E-state index is 0.0317. The van der Waals surface area contributed by atoms with Crippen molar-refractivity contribution in [1.82, 2.24) is 14.9 Å². The number of hydrogen-bond acceptors (Lipinski definition) is 5. The van der Waals surface area contributed by atoms with E-state index in [4.69, 9.17) is 11.6 Å². The number of nitrogens with one attached hydrogen (secondary N) is 2. The van der Waals surface area contributed by atoms with E-state index >= 15 is 0 Å². The Balaban J connectivity index is 2.00. The van der Waals surface area contributed by atoms with Gasteiger partial charge in [0.1, 0.15) is 6.54 Å². The molecule has 0 aliphatic rings. The van der Waals surface area contributed by atoms with Gasteiger partial charge in [-0.15, -0.1) is 0 Å². The number of benzene rings is 1. The lowest BCUT2D eigenvalue weighted by molar-refractivity contribution is -0.121. The Morgan fingerprint density at radius 3 is 2.76 bits per heavy atom. The molecule has 0 atom stereocenters. The number of hydrogen-bond donors (Lipinski definition) is 3. The lowest BCUT2D eigenvalue weighted by atomic mass is 10.2. The Hall–Kier alpha value is -2.03. The van der Waals surface area contributed by atoms with Crippen molar-refractivity contribution in [1.29, 1.82) is 0 Å². The number of thioether (sulfide) groups is 1. The first-order valence-electron chi connectivity index (χ1n) is 7.49. The maximum atomic E-state index is 12.1. The standard InChI is InChI=1S/C16H19ClN4O3S/c1-10-3-4-11(5-13(10)17)20-15(24)9-25-16-19-6-12(8-22)21(16)7-14(23)18-2/h3-6,22H,7-9H2,1-2H3,(H,18,23)(H,20,24). The smallest absolute Gasteiger partial charge is 0.239 e. The summed E-state index contributed by atoms with van der Waals surface area (Å²) < 4.78 is 1.58. The molecule has 0 bridgehead atoms. The van der Waals surface area contributed by atoms with Crippen molar-refractivity contribution in [2.24, 2.45) is 0 Å². The molecule has 3 N–H and O–H groups in total. The van der Waals surface area contributed by atoms with Gasteiger partial charge in [-0.3, -0.25) is 9.59 Å². The first-order valence-corrected chi connectivity index (χ1v) is 8.85. The number of anilines is 1. The predicted molar refractivity (Wildman–Crippen MR) is 97.8 cm³/mol. The van der Waals surface area contributed by atoms with Crippen molar-refractivity contribution >= 4 is 40.9 Å². The zero-order valence-corrected chi connectivity index (χ0v) is 15.4. The van der Waals surface area contributed by atoms with E-state index in [9.17, 15) is 14.7 Å². The molecule has 0 spiro atoms. The van der Waals surface area contributed by atoms with Crippen molar-refractivity contribution in [3.63, 3.8) is 0 Å². The van der Waals surface area contributed by atoms with E-state index in [1.807, 2.05) is 13.0 Å². The molecule has 0 fully saturated rings. The van der Waals surface area contributed by atoms with E-state index in [2.05, 4.69) is 15.6 Å². The second-order valence-electron chi connectivity index (χ2n) is 5.25. The topological polar surface area (TPSA) is 96.2 Å². The van der Waals surface area contributed by atoms with Crippen molar-refractivity contribution in [2.45, 2.75) is 25.2 Å². The van der Waals surface area contributed by atoms with Gasteiger partial charge in [0.2, 0.25) is 11.8 Å². The van der Waals surface area contributed by atoms with Crippen LogP contribution in [0.5, 0.6) is 0 Å². The minimum Gasteiger partial charge on any atom is -0.390 e. The number of rotatable bonds is 7. The van der Waals surface area contributed by atoms with Crippen molar-refractivity contribution in [2.75, 3.05) is 18.1 Å². The molecule has 0 unspecified atom stereocenters. The Morgan fingerprint density at radius 1 is 1.36 bits per heavy atom. The average molecular weight is 383 g/mol. The van der Waals surface area contributed by atoms with Crippen LogP contribution in [-0.2, 0) is 22.7 Å². The maximum absolute atomic E-state index is 12.1. The Morgan fingerprint density at radius 2 is 2.12 bits per heavy atom. The fraction of sp³-hybridized carbons (Fsp3) is 0.312. The van der Waals surface area contributed by atoms with Gasteiger partial charge >= 0.3 is 0 Å². The number of carbonyl (C=O) groups excluding carboxylic acids is 2. The summed E-state index contributed by atoms with van der Waals surface area (Å²) in [6.45, 7) is 1.68. The minimum atomic E-state index is -0.237. The van der Waals surface area contributed by atoms with Crippen LogP contribution in [0.15, 0.2) is 29.6 Å². The molecule has 0 aliphatic heterocycles. The number of amides is 2. The van der Waals surface area contributed by atoms with Crippen LogP contribution < -0.4 is 10.6 Å². The highest BCUT2D eigenvalue weighted by Gasteiger charge is 2.14. The van der Waals surface area contributed by atoms with Crippen LogP contribution in [0.4, 0.5) is 5.69 Å². The second-order valence-corrected chi connectivity index (χ2v) is 6.60. The summed E-state index contributed by atoms with van der Waals surface area (Å²) in [5.41, 5.74) is 2.06. The number of nitrogens with zero attached hydrogens (tertiary/aromatic N) is 2. The number of imidazole rings is 1. The van der Waals surface area contributed by atoms with Crippen LogP contribution in [0.25, 0.3) is 0 Å². The lowest BCUT2D eigenvalue weighted by Gasteiger charge is -2.10. The monoisotopic (exact) mass is 382 g/mol. The number of carbonyl (C=O) groups is 2. The van der Waals surface area contributed by atoms with E-state index in [-0.39, 0.29) is 30.7 Å². The van der Waals surface area contributed by atoms with Gasteiger partial charge < -0.3 is 20.3 Å². The lowest BCUT2D eigenvalue weighted by Crippen LogP contribution is -2.25. The molecule has 9 heteroatoms. The summed E-state index contributed by atoms with van der Waals surface area (Å²) in [4.78, 5) is 27.9. The molecule has 7 nitrogen and oxygen atoms in total. The summed E-state index contributed by atoms with van der Waals surface area (Å²) in [6, 6.07) is 5.30. The van der Waals surface area contributed by atoms with Crippen molar-refractivity contribution in [3.05, 3.63) is 40.7 Å². The Bertz CT molecular complexity index is 779. The van der Waals surface area contributed by atoms with Gasteiger partial charge in [-0.1, -0.05) is 29.4 Å². The number of aryl methyl sites for hydroxylation is 1. The molecule has 0 saturated heterocycles. The number of aliphatic hydroxyl groups is 1. The number of likely N-dealkylation sites (N-methyl/N-ethyl adjacent to an activating group) is 1. The molecule has 2 rings (SSSR count). The summed E-state index contributed by atoms with van der Waals surface area (Å²) >= 11 is 7.23. The van der Waals surface area contributed by atoms with E-state index in [1.54, 1.807) is 16.7 Å². The highest BCUT2D eigenvalue weighted by atomic mass is 35.5. The number of aliphatic hydroxyl groups excluding tert-OH is 1. The van der Waals surface area contributed by atoms with E-state index < -0.39 is 0 Å². The molecule has 1 aromatic carbocycles. The Labute approximate surface area is 154 Å². The van der Waals surface area contributed by atoms with Gasteiger partial charge in [-0.25, -0.2) is 4.98 Å². The van der Waals surface area contributed by atoms with Crippen LogP contribution in [-0.4, -0.2) is 39.3 Å². The second kappa shape index (κ2) is 8.89. The zero-order valence-electron chi connectivity index (χ0n) is 13.9. The fourth-order valence-corrected chi connectivity index (χ4v) is 3.00. The summed E-state index contributed by atoms with van der Waals surface area (Å²) in [7, 11) is 1.53. The van der Waals surface area contributed by atoms with Crippen LogP contribution >= 0.6 is 23.4 Å². The SMILES string of the molecule is CNC(=O)Cn1c(CO)cnc1SCC(=O)Nc1ccc(C)c(Cl)c1. The quantitative estimate of drug-likeness (QED) is 0.635. The number of aromatic nitrogens is 2. The molecule has 0 saturated carbocycles. The third-order valence-electron chi connectivity index (χ3n) is 3.43. The van der Waals surface area contributed by atoms with E-state index in [0.717, 1.165) is 5.56 Å². The van der Waals surface area contributed by atoms with Crippen LogP contribution in [0.3, 0.4) is 0 Å². The summed E-state index contributed by atoms with van der Waals surface area (Å²) in [6.07, 6.45) is 1.49. The van der Waals surface area contributed by atoms with Gasteiger partial charge in [0, 0.05) is 17.8 Å². The van der Waals surface area contributed by atoms with Gasteiger partial charge in [0.25, 0.3) is 0 Å². The average Bonchev–Trinajstić information content (AvgIpc) is 2.98. The highest BCUT2D eigenvalue weighted by Crippen LogP contribution is 2.22. The molecular formula is C16H19ClN4O3S. The molecule has 0 aliphatic carbocycles. The predicted octanol–water partition coefficient (Wildman–Crippen LogP) is 1.81. The molecule has 0 radical (unpaired) electrons. The normalized spacial score (nSPS) is 10.6. The first kappa shape index (κ1) is 19.3. The van der Waals surface area contributed by atoms with Gasteiger partial charge in [-0.05, 0) is 24.6 Å². The molecule has 2 amide bonds. The summed E-state index contributed by atoms with van der Waals surface area (Å²) in [5, 5.41) is 15.7. The van der Waals surface area contributed by atoms with Gasteiger partial charge in [0.05, 0.1) is 24.3 Å². The summed E-state index contributed by atoms with van der Waals surface area (Å²) in [5.74, 6) is -0.320. The molecular weight excluding hydrogens is 364 g/mol. The third-order valence-corrected chi connectivity index (χ3v) is 4.83. The molecule has 25 heavy (non-hydrogen) atoms. The maximum Gasteiger partial charge on any atom is 0.239 e. The number of halogens is 1. The molecule has 134 valence electrons. The molecule has 2 aromatic rings. The molecule has 1 aromatic heterocycles. The van der Waals surface area contributed by atoms with Crippen LogP contribution in [0.2, 0.25) is 5.02 Å². The third kappa shape index (κ3) is 5.22. The van der Waals surface area contributed by atoms with Crippen molar-refractivity contribution in [3.8, 4) is 0 Å². The van der Waals surface area contributed by atoms with Gasteiger partial charge in [-0.2, -0.15) is 0 Å². The highest BCUT2D eigenvalue weighted by molar-refractivity contribution is 7.99. The van der Waals surface area contributed by atoms with E-state index in [1.165, 1.54) is 25.0 Å². The fourth-order valence-electron chi connectivity index (χ4n) is 2.02. The largest absolute Gasteiger partial charge is 0.390 e.